The second kappa shape index (κ2) is 7.94. The number of carbonyl (C=O) groups is 2. The Bertz CT molecular complexity index is 948. The predicted octanol–water partition coefficient (Wildman–Crippen LogP) is 4.81. The number of rotatable bonds is 5. The highest BCUT2D eigenvalue weighted by Crippen LogP contribution is 2.21. The molecule has 0 fully saturated rings. The molecule has 0 saturated carbocycles. The third kappa shape index (κ3) is 4.24. The van der Waals surface area contributed by atoms with Gasteiger partial charge in [-0.25, -0.2) is 4.79 Å². The number of carboxylic acid groups (broad SMARTS) is 1. The highest BCUT2D eigenvalue weighted by molar-refractivity contribution is 6.08. The number of aromatic carboxylic acids is 1. The molecule has 0 aromatic heterocycles. The topological polar surface area (TPSA) is 66.4 Å². The molecule has 0 aliphatic carbocycles. The van der Waals surface area contributed by atoms with Crippen LogP contribution in [0.15, 0.2) is 78.9 Å². The molecule has 0 saturated heterocycles. The highest BCUT2D eigenvalue weighted by Gasteiger charge is 2.13. The van der Waals surface area contributed by atoms with Crippen LogP contribution in [0.4, 0.5) is 5.69 Å². The van der Waals surface area contributed by atoms with Gasteiger partial charge in [-0.1, -0.05) is 66.7 Å². The molecular formula is C22H17NO3. The third-order valence-electron chi connectivity index (χ3n) is 3.83. The van der Waals surface area contributed by atoms with Crippen molar-refractivity contribution < 1.29 is 14.7 Å². The van der Waals surface area contributed by atoms with Crippen LogP contribution < -0.4 is 5.32 Å². The summed E-state index contributed by atoms with van der Waals surface area (Å²) in [5.41, 5.74) is 2.61. The van der Waals surface area contributed by atoms with Gasteiger partial charge >= 0.3 is 5.97 Å². The third-order valence-corrected chi connectivity index (χ3v) is 3.83. The van der Waals surface area contributed by atoms with Gasteiger partial charge in [0.25, 0.3) is 5.91 Å². The van der Waals surface area contributed by atoms with Crippen molar-refractivity contribution in [1.29, 1.82) is 0 Å². The van der Waals surface area contributed by atoms with E-state index in [1.807, 2.05) is 48.6 Å². The predicted molar refractivity (Wildman–Crippen MR) is 103 cm³/mol. The van der Waals surface area contributed by atoms with Crippen LogP contribution in [0.1, 0.15) is 31.8 Å². The van der Waals surface area contributed by atoms with Crippen LogP contribution >= 0.6 is 0 Å². The minimum Gasteiger partial charge on any atom is -0.478 e. The van der Waals surface area contributed by atoms with Gasteiger partial charge in [-0.3, -0.25) is 4.79 Å². The molecule has 128 valence electrons. The fraction of sp³-hybridized carbons (Fsp3) is 0. The van der Waals surface area contributed by atoms with E-state index in [-0.39, 0.29) is 17.2 Å². The normalized spacial score (nSPS) is 10.6. The van der Waals surface area contributed by atoms with Gasteiger partial charge in [-0.05, 0) is 35.4 Å². The molecule has 3 rings (SSSR count). The van der Waals surface area contributed by atoms with E-state index in [1.165, 1.54) is 6.07 Å². The van der Waals surface area contributed by atoms with Crippen LogP contribution in [0.5, 0.6) is 0 Å². The quantitative estimate of drug-likeness (QED) is 0.654. The van der Waals surface area contributed by atoms with E-state index >= 15 is 0 Å². The van der Waals surface area contributed by atoms with E-state index in [4.69, 9.17) is 0 Å². The summed E-state index contributed by atoms with van der Waals surface area (Å²) >= 11 is 0. The van der Waals surface area contributed by atoms with Gasteiger partial charge in [0.15, 0.2) is 0 Å². The molecule has 0 radical (unpaired) electrons. The zero-order valence-corrected chi connectivity index (χ0v) is 13.9. The summed E-state index contributed by atoms with van der Waals surface area (Å²) in [6, 6.07) is 23.3. The maximum Gasteiger partial charge on any atom is 0.337 e. The molecule has 0 atom stereocenters. The van der Waals surface area contributed by atoms with Crippen molar-refractivity contribution in [1.82, 2.24) is 0 Å². The van der Waals surface area contributed by atoms with Crippen molar-refractivity contribution in [3.05, 3.63) is 101 Å². The van der Waals surface area contributed by atoms with Crippen molar-refractivity contribution >= 4 is 29.7 Å². The molecule has 0 aliphatic rings. The Labute approximate surface area is 151 Å². The minimum atomic E-state index is -1.09. The summed E-state index contributed by atoms with van der Waals surface area (Å²) < 4.78 is 0. The van der Waals surface area contributed by atoms with Gasteiger partial charge in [-0.2, -0.15) is 0 Å². The first-order chi connectivity index (χ1) is 12.6. The van der Waals surface area contributed by atoms with E-state index in [9.17, 15) is 14.7 Å². The molecule has 2 N–H and O–H groups in total. The minimum absolute atomic E-state index is 0.0474. The Morgan fingerprint density at radius 1 is 0.769 bits per heavy atom. The van der Waals surface area contributed by atoms with Crippen molar-refractivity contribution in [2.24, 2.45) is 0 Å². The fourth-order valence-corrected chi connectivity index (χ4v) is 2.50. The molecule has 0 spiro atoms. The van der Waals surface area contributed by atoms with E-state index < -0.39 is 5.97 Å². The first-order valence-electron chi connectivity index (χ1n) is 8.10. The van der Waals surface area contributed by atoms with Gasteiger partial charge in [-0.15, -0.1) is 0 Å². The summed E-state index contributed by atoms with van der Waals surface area (Å²) in [5.74, 6) is -1.44. The Hall–Kier alpha value is -3.66. The number of benzene rings is 3. The Balaban J connectivity index is 1.88. The number of carboxylic acids is 1. The molecule has 0 heterocycles. The highest BCUT2D eigenvalue weighted by atomic mass is 16.4. The molecule has 0 unspecified atom stereocenters. The van der Waals surface area contributed by atoms with Gasteiger partial charge in [0.1, 0.15) is 0 Å². The van der Waals surface area contributed by atoms with E-state index in [0.717, 1.165) is 11.1 Å². The van der Waals surface area contributed by atoms with E-state index in [2.05, 4.69) is 5.32 Å². The van der Waals surface area contributed by atoms with Crippen LogP contribution in [0, 0.1) is 0 Å². The largest absolute Gasteiger partial charge is 0.478 e. The lowest BCUT2D eigenvalue weighted by molar-refractivity contribution is 0.0698. The molecule has 3 aromatic carbocycles. The Morgan fingerprint density at radius 3 is 2.04 bits per heavy atom. The van der Waals surface area contributed by atoms with Crippen LogP contribution in [-0.2, 0) is 0 Å². The summed E-state index contributed by atoms with van der Waals surface area (Å²) in [5, 5.41) is 12.1. The summed E-state index contributed by atoms with van der Waals surface area (Å²) in [7, 11) is 0. The Morgan fingerprint density at radius 2 is 1.38 bits per heavy atom. The van der Waals surface area contributed by atoms with E-state index in [0.29, 0.717) is 5.56 Å². The second-order valence-electron chi connectivity index (χ2n) is 5.67. The van der Waals surface area contributed by atoms with Gasteiger partial charge in [0.2, 0.25) is 0 Å². The van der Waals surface area contributed by atoms with Crippen molar-refractivity contribution in [3.8, 4) is 0 Å². The lowest BCUT2D eigenvalue weighted by Gasteiger charge is -2.10. The molecule has 4 heteroatoms. The van der Waals surface area contributed by atoms with Crippen LogP contribution in [-0.4, -0.2) is 17.0 Å². The number of hydrogen-bond donors (Lipinski definition) is 2. The molecule has 0 bridgehead atoms. The molecule has 26 heavy (non-hydrogen) atoms. The van der Waals surface area contributed by atoms with Gasteiger partial charge in [0.05, 0.1) is 11.3 Å². The zero-order valence-electron chi connectivity index (χ0n) is 13.9. The maximum absolute atomic E-state index is 12.4. The average Bonchev–Trinajstić information content (AvgIpc) is 2.68. The van der Waals surface area contributed by atoms with Crippen LogP contribution in [0.3, 0.4) is 0 Å². The number of nitrogens with one attached hydrogen (secondary N) is 1. The van der Waals surface area contributed by atoms with Crippen molar-refractivity contribution in [2.45, 2.75) is 0 Å². The summed E-state index contributed by atoms with van der Waals surface area (Å²) in [6.45, 7) is 0. The second-order valence-corrected chi connectivity index (χ2v) is 5.67. The number of amides is 1. The number of hydrogen-bond acceptors (Lipinski definition) is 2. The smallest absolute Gasteiger partial charge is 0.337 e. The number of carbonyl (C=O) groups excluding carboxylic acids is 1. The van der Waals surface area contributed by atoms with Gasteiger partial charge in [0, 0.05) is 5.56 Å². The van der Waals surface area contributed by atoms with Gasteiger partial charge < -0.3 is 10.4 Å². The fourth-order valence-electron chi connectivity index (χ4n) is 2.50. The zero-order chi connectivity index (χ0) is 18.4. The number of anilines is 1. The summed E-state index contributed by atoms with van der Waals surface area (Å²) in [6.07, 6.45) is 3.80. The molecule has 3 aromatic rings. The molecule has 4 nitrogen and oxygen atoms in total. The Kier molecular flexibility index (Phi) is 5.25. The van der Waals surface area contributed by atoms with E-state index in [1.54, 1.807) is 36.4 Å². The van der Waals surface area contributed by atoms with Crippen LogP contribution in [0.2, 0.25) is 0 Å². The lowest BCUT2D eigenvalue weighted by atomic mass is 10.1. The van der Waals surface area contributed by atoms with Crippen molar-refractivity contribution in [3.63, 3.8) is 0 Å². The van der Waals surface area contributed by atoms with Crippen molar-refractivity contribution in [2.75, 3.05) is 5.32 Å². The SMILES string of the molecule is O=C(Nc1cc(/C=C/c2ccccc2)ccc1C(=O)O)c1ccccc1. The standard InChI is InChI=1S/C22H17NO3/c24-21(18-9-5-2-6-10-18)23-20-15-17(13-14-19(20)22(25)26)12-11-16-7-3-1-4-8-16/h1-15H,(H,23,24)(H,25,26)/b12-11+. The molecular weight excluding hydrogens is 326 g/mol. The van der Waals surface area contributed by atoms with Crippen LogP contribution in [0.25, 0.3) is 12.2 Å². The molecule has 0 aliphatic heterocycles. The monoisotopic (exact) mass is 343 g/mol. The first-order valence-corrected chi connectivity index (χ1v) is 8.10. The lowest BCUT2D eigenvalue weighted by Crippen LogP contribution is -2.14. The first kappa shape index (κ1) is 17.2. The molecule has 1 amide bonds. The summed E-state index contributed by atoms with van der Waals surface area (Å²) in [4.78, 5) is 23.8. The average molecular weight is 343 g/mol. The maximum atomic E-state index is 12.4.